The minimum absolute atomic E-state index is 0.119. The van der Waals surface area contributed by atoms with Gasteiger partial charge in [0.1, 0.15) is 18.3 Å². The molecule has 228 valence electrons. The molecule has 2 saturated heterocycles. The van der Waals surface area contributed by atoms with Crippen molar-refractivity contribution in [2.24, 2.45) is 5.92 Å². The van der Waals surface area contributed by atoms with Gasteiger partial charge in [-0.05, 0) is 43.3 Å². The van der Waals surface area contributed by atoms with Crippen LogP contribution < -0.4 is 10.2 Å². The highest BCUT2D eigenvalue weighted by molar-refractivity contribution is 6.71. The number of hydrogen-bond donors (Lipinski definition) is 7. The van der Waals surface area contributed by atoms with Gasteiger partial charge in [0.25, 0.3) is 11.8 Å². The molecule has 7 N–H and O–H groups in total. The minimum Gasteiger partial charge on any atom is -0.432 e. The zero-order valence-electron chi connectivity index (χ0n) is 23.6. The largest absolute Gasteiger partial charge is 0.432 e. The predicted molar refractivity (Wildman–Crippen MR) is 152 cm³/mol. The number of anilines is 2. The molecule has 0 radical (unpaired) electrons. The highest BCUT2D eigenvalue weighted by atomic mass is 28.4. The Morgan fingerprint density at radius 1 is 1.02 bits per heavy atom. The van der Waals surface area contributed by atoms with E-state index in [-0.39, 0.29) is 30.5 Å². The number of rotatable bonds is 7. The second kappa shape index (κ2) is 11.4. The molecular formula is C29H38N2O10Si. The lowest BCUT2D eigenvalue weighted by molar-refractivity contribution is -0.274. The Bertz CT molecular complexity index is 1320. The van der Waals surface area contributed by atoms with Crippen LogP contribution in [0.15, 0.2) is 48.5 Å². The maximum absolute atomic E-state index is 14.2. The molecule has 9 atom stereocenters. The normalized spacial score (nSPS) is 34.6. The average Bonchev–Trinajstić information content (AvgIpc) is 3.37. The number of benzene rings is 2. The van der Waals surface area contributed by atoms with Gasteiger partial charge in [-0.3, -0.25) is 9.59 Å². The van der Waals surface area contributed by atoms with E-state index >= 15 is 0 Å². The Kier molecular flexibility index (Phi) is 8.35. The van der Waals surface area contributed by atoms with Crippen LogP contribution in [0.3, 0.4) is 0 Å². The topological polar surface area (TPSA) is 189 Å². The van der Waals surface area contributed by atoms with Crippen LogP contribution in [-0.2, 0) is 31.2 Å². The lowest BCUT2D eigenvalue weighted by Crippen LogP contribution is -2.60. The van der Waals surface area contributed by atoms with Gasteiger partial charge in [0.15, 0.2) is 26.3 Å². The summed E-state index contributed by atoms with van der Waals surface area (Å²) in [6.07, 6.45) is -8.84. The van der Waals surface area contributed by atoms with Crippen LogP contribution in [0.4, 0.5) is 11.4 Å². The molecule has 0 bridgehead atoms. The van der Waals surface area contributed by atoms with Crippen molar-refractivity contribution in [3.63, 3.8) is 0 Å². The van der Waals surface area contributed by atoms with E-state index in [1.54, 1.807) is 29.2 Å². The van der Waals surface area contributed by atoms with Gasteiger partial charge in [-0.15, -0.1) is 0 Å². The molecule has 13 heteroatoms. The quantitative estimate of drug-likeness (QED) is 0.215. The van der Waals surface area contributed by atoms with Crippen LogP contribution in [0.25, 0.3) is 0 Å². The number of fused-ring (bicyclic) bond motifs is 2. The van der Waals surface area contributed by atoms with Gasteiger partial charge in [-0.1, -0.05) is 37.3 Å². The zero-order chi connectivity index (χ0) is 30.6. The number of para-hydroxylation sites is 1. The number of ether oxygens (including phenoxy) is 2. The van der Waals surface area contributed by atoms with E-state index in [1.165, 1.54) is 0 Å². The standard InChI is InChI=1S/C29H38N2O10Si/c1-15-25(42(2,3)39)20(12-13-32)41-29(15)18-6-4-5-7-19(18)31(28(29)38)14-16-8-10-17(11-9-16)30-26(36)24-22(34)21(33)23(35)27(37)40-24/h4-11,15,20-25,27,32-35,37,39H,12-14H2,1-3H3,(H,30,36)/t15-,20+,21-,22-,23+,24-,25-,27+,29+/m0/s1. The van der Waals surface area contributed by atoms with Crippen molar-refractivity contribution in [3.05, 3.63) is 59.7 Å². The molecular weight excluding hydrogens is 564 g/mol. The zero-order valence-corrected chi connectivity index (χ0v) is 24.6. The summed E-state index contributed by atoms with van der Waals surface area (Å²) in [4.78, 5) is 39.7. The fourth-order valence-corrected chi connectivity index (χ4v) is 9.36. The first-order chi connectivity index (χ1) is 19.8. The summed E-state index contributed by atoms with van der Waals surface area (Å²) in [7, 11) is -2.78. The Balaban J connectivity index is 1.35. The number of nitrogens with one attached hydrogen (secondary N) is 1. The first-order valence-electron chi connectivity index (χ1n) is 14.0. The number of nitrogens with zero attached hydrogens (tertiary/aromatic N) is 1. The van der Waals surface area contributed by atoms with E-state index < -0.39 is 56.6 Å². The molecule has 5 rings (SSSR count). The van der Waals surface area contributed by atoms with Gasteiger partial charge in [0, 0.05) is 29.3 Å². The second-order valence-electron chi connectivity index (χ2n) is 11.9. The third-order valence-electron chi connectivity index (χ3n) is 8.71. The molecule has 0 aliphatic carbocycles. The molecule has 3 aliphatic rings. The van der Waals surface area contributed by atoms with E-state index in [2.05, 4.69) is 5.32 Å². The average molecular weight is 603 g/mol. The number of aliphatic hydroxyl groups excluding tert-OH is 5. The summed E-state index contributed by atoms with van der Waals surface area (Å²) in [6, 6.07) is 14.1. The van der Waals surface area contributed by atoms with Gasteiger partial charge in [-0.2, -0.15) is 0 Å². The van der Waals surface area contributed by atoms with Crippen molar-refractivity contribution in [1.82, 2.24) is 0 Å². The van der Waals surface area contributed by atoms with Crippen LogP contribution in [0.5, 0.6) is 0 Å². The van der Waals surface area contributed by atoms with Crippen molar-refractivity contribution >= 4 is 31.5 Å². The molecule has 12 nitrogen and oxygen atoms in total. The van der Waals surface area contributed by atoms with Gasteiger partial charge in [0.2, 0.25) is 0 Å². The molecule has 0 saturated carbocycles. The first-order valence-corrected chi connectivity index (χ1v) is 17.0. The summed E-state index contributed by atoms with van der Waals surface area (Å²) in [5, 5.41) is 51.6. The van der Waals surface area contributed by atoms with Crippen molar-refractivity contribution in [2.75, 3.05) is 16.8 Å². The molecule has 1 spiro atoms. The van der Waals surface area contributed by atoms with Gasteiger partial charge >= 0.3 is 0 Å². The second-order valence-corrected chi connectivity index (χ2v) is 15.9. The van der Waals surface area contributed by atoms with Gasteiger partial charge < -0.3 is 50.0 Å². The molecule has 2 aromatic carbocycles. The van der Waals surface area contributed by atoms with E-state index in [0.29, 0.717) is 17.8 Å². The summed E-state index contributed by atoms with van der Waals surface area (Å²) in [6.45, 7) is 5.69. The number of amides is 2. The SMILES string of the molecule is C[C@H]1[C@H]([Si](C)(C)O)[C@@H](CCO)O[C@]12C(=O)N(Cc1ccc(NC(=O)[C@H]3O[C@@H](O)[C@H](O)[C@@H](O)[C@@H]3O)cc1)c1ccccc12. The van der Waals surface area contributed by atoms with Crippen LogP contribution in [0.1, 0.15) is 24.5 Å². The highest BCUT2D eigenvalue weighted by Crippen LogP contribution is 2.59. The van der Waals surface area contributed by atoms with Crippen molar-refractivity contribution in [2.45, 2.75) is 80.9 Å². The Morgan fingerprint density at radius 3 is 2.33 bits per heavy atom. The van der Waals surface area contributed by atoms with Crippen LogP contribution >= 0.6 is 0 Å². The van der Waals surface area contributed by atoms with Crippen LogP contribution in [0, 0.1) is 5.92 Å². The fraction of sp³-hybridized carbons (Fsp3) is 0.517. The Morgan fingerprint density at radius 2 is 1.69 bits per heavy atom. The van der Waals surface area contributed by atoms with Crippen molar-refractivity contribution < 1.29 is 49.4 Å². The van der Waals surface area contributed by atoms with E-state index in [4.69, 9.17) is 9.47 Å². The smallest absolute Gasteiger partial charge is 0.264 e. The third kappa shape index (κ3) is 5.08. The predicted octanol–water partition coefficient (Wildman–Crippen LogP) is 0.152. The monoisotopic (exact) mass is 602 g/mol. The third-order valence-corrected chi connectivity index (χ3v) is 11.2. The number of hydrogen-bond acceptors (Lipinski definition) is 10. The summed E-state index contributed by atoms with van der Waals surface area (Å²) >= 11 is 0. The van der Waals surface area contributed by atoms with E-state index in [1.807, 2.05) is 44.3 Å². The summed E-state index contributed by atoms with van der Waals surface area (Å²) in [5.74, 6) is -1.38. The number of aliphatic hydroxyl groups is 5. The van der Waals surface area contributed by atoms with Crippen LogP contribution in [-0.4, -0.2) is 93.9 Å². The molecule has 3 heterocycles. The lowest BCUT2D eigenvalue weighted by Gasteiger charge is -2.37. The van der Waals surface area contributed by atoms with Crippen molar-refractivity contribution in [1.29, 1.82) is 0 Å². The molecule has 42 heavy (non-hydrogen) atoms. The first kappa shape index (κ1) is 30.7. The maximum Gasteiger partial charge on any atom is 0.264 e. The molecule has 3 aliphatic heterocycles. The van der Waals surface area contributed by atoms with E-state index in [0.717, 1.165) is 11.1 Å². The lowest BCUT2D eigenvalue weighted by atomic mass is 9.82. The highest BCUT2D eigenvalue weighted by Gasteiger charge is 2.66. The Hall–Kier alpha value is -2.72. The summed E-state index contributed by atoms with van der Waals surface area (Å²) < 4.78 is 11.5. The summed E-state index contributed by atoms with van der Waals surface area (Å²) in [5.41, 5.74) is 0.984. The van der Waals surface area contributed by atoms with Gasteiger partial charge in [-0.25, -0.2) is 0 Å². The molecule has 2 fully saturated rings. The van der Waals surface area contributed by atoms with E-state index in [9.17, 15) is 39.9 Å². The van der Waals surface area contributed by atoms with Crippen molar-refractivity contribution in [3.8, 4) is 0 Å². The molecule has 2 aromatic rings. The maximum atomic E-state index is 14.2. The molecule has 0 aromatic heterocycles. The Labute approximate surface area is 244 Å². The number of carbonyl (C=O) groups is 2. The molecule has 0 unspecified atom stereocenters. The van der Waals surface area contributed by atoms with Crippen LogP contribution in [0.2, 0.25) is 18.6 Å². The van der Waals surface area contributed by atoms with Gasteiger partial charge in [0.05, 0.1) is 18.3 Å². The molecule has 2 amide bonds. The number of carbonyl (C=O) groups excluding carboxylic acids is 2. The minimum atomic E-state index is -2.78. The fourth-order valence-electron chi connectivity index (χ4n) is 6.75.